The Morgan fingerprint density at radius 3 is 2.50 bits per heavy atom. The molecule has 5 nitrogen and oxygen atoms in total. The average molecular weight is 306 g/mol. The predicted octanol–water partition coefficient (Wildman–Crippen LogP) is 2.57. The molecule has 2 rings (SSSR count). The fourth-order valence-electron chi connectivity index (χ4n) is 1.49. The summed E-state index contributed by atoms with van der Waals surface area (Å²) in [6.07, 6.45) is 0. The summed E-state index contributed by atoms with van der Waals surface area (Å²) in [5.74, 6) is -1.39. The Hall–Kier alpha value is -2.25. The summed E-state index contributed by atoms with van der Waals surface area (Å²) in [5.41, 5.74) is 0.835. The Labute approximate surface area is 124 Å². The smallest absolute Gasteiger partial charge is 0.348 e. The number of hydrogen-bond donors (Lipinski definition) is 3. The van der Waals surface area contributed by atoms with E-state index in [1.807, 2.05) is 0 Å². The van der Waals surface area contributed by atoms with Crippen LogP contribution in [0.1, 0.15) is 20.0 Å². The van der Waals surface area contributed by atoms with Gasteiger partial charge in [-0.2, -0.15) is 0 Å². The van der Waals surface area contributed by atoms with Crippen LogP contribution in [0.3, 0.4) is 0 Å². The molecule has 1 amide bonds. The molecule has 0 saturated heterocycles. The second-order valence-electron chi connectivity index (χ2n) is 3.74. The molecule has 0 aliphatic carbocycles. The molecule has 0 radical (unpaired) electrons. The number of anilines is 1. The lowest BCUT2D eigenvalue weighted by Gasteiger charge is -2.09. The second kappa shape index (κ2) is 6.27. The maximum atomic E-state index is 11.9. The average Bonchev–Trinajstić information content (AvgIpc) is 2.87. The summed E-state index contributed by atoms with van der Waals surface area (Å²) < 4.78 is 0. The zero-order valence-corrected chi connectivity index (χ0v) is 11.8. The molecule has 20 heavy (non-hydrogen) atoms. The third kappa shape index (κ3) is 3.40. The van der Waals surface area contributed by atoms with E-state index in [1.54, 1.807) is 41.8 Å². The Kier molecular flexibility index (Phi) is 4.44. The summed E-state index contributed by atoms with van der Waals surface area (Å²) in [5, 5.41) is 15.9. The van der Waals surface area contributed by atoms with Gasteiger partial charge in [0, 0.05) is 5.56 Å². The van der Waals surface area contributed by atoms with Gasteiger partial charge in [-0.1, -0.05) is 18.2 Å². The number of hydrogen-bond acceptors (Lipinski definition) is 4. The van der Waals surface area contributed by atoms with E-state index in [9.17, 15) is 9.59 Å². The normalized spacial score (nSPS) is 9.80. The lowest BCUT2D eigenvalue weighted by Crippen LogP contribution is -2.34. The molecule has 2 aromatic rings. The van der Waals surface area contributed by atoms with Crippen molar-refractivity contribution in [3.05, 3.63) is 52.2 Å². The molecule has 102 valence electrons. The molecule has 7 heteroatoms. The van der Waals surface area contributed by atoms with Crippen LogP contribution in [-0.4, -0.2) is 22.1 Å². The van der Waals surface area contributed by atoms with Gasteiger partial charge in [0.15, 0.2) is 5.11 Å². The number of carboxylic acid groups (broad SMARTS) is 1. The number of carbonyl (C=O) groups excluding carboxylic acids is 1. The summed E-state index contributed by atoms with van der Waals surface area (Å²) >= 11 is 6.07. The quantitative estimate of drug-likeness (QED) is 0.760. The minimum Gasteiger partial charge on any atom is -0.477 e. The SMILES string of the molecule is O=C(NC(=S)Nc1ccsc1C(=O)O)c1ccccc1. The van der Waals surface area contributed by atoms with Gasteiger partial charge in [0.25, 0.3) is 5.91 Å². The lowest BCUT2D eigenvalue weighted by atomic mass is 10.2. The van der Waals surface area contributed by atoms with E-state index in [0.717, 1.165) is 11.3 Å². The fraction of sp³-hybridized carbons (Fsp3) is 0. The molecule has 0 aliphatic rings. The second-order valence-corrected chi connectivity index (χ2v) is 5.07. The van der Waals surface area contributed by atoms with Crippen LogP contribution in [0.5, 0.6) is 0 Å². The van der Waals surface area contributed by atoms with Gasteiger partial charge in [0.2, 0.25) is 0 Å². The standard InChI is InChI=1S/C13H10N2O3S2/c16-11(8-4-2-1-3-5-8)15-13(19)14-9-6-7-20-10(9)12(17)18/h1-7H,(H,17,18)(H2,14,15,16,19). The molecular formula is C13H10N2O3S2. The van der Waals surface area contributed by atoms with Crippen molar-refractivity contribution in [2.24, 2.45) is 0 Å². The summed E-state index contributed by atoms with van der Waals surface area (Å²) in [6.45, 7) is 0. The zero-order chi connectivity index (χ0) is 14.5. The van der Waals surface area contributed by atoms with Gasteiger partial charge in [-0.3, -0.25) is 10.1 Å². The van der Waals surface area contributed by atoms with Crippen molar-refractivity contribution in [2.45, 2.75) is 0 Å². The van der Waals surface area contributed by atoms with E-state index < -0.39 is 5.97 Å². The molecule has 0 bridgehead atoms. The van der Waals surface area contributed by atoms with Crippen LogP contribution in [0.2, 0.25) is 0 Å². The molecule has 1 aromatic heterocycles. The van der Waals surface area contributed by atoms with E-state index in [2.05, 4.69) is 10.6 Å². The zero-order valence-electron chi connectivity index (χ0n) is 10.1. The van der Waals surface area contributed by atoms with Crippen molar-refractivity contribution in [3.8, 4) is 0 Å². The van der Waals surface area contributed by atoms with Crippen LogP contribution < -0.4 is 10.6 Å². The van der Waals surface area contributed by atoms with Gasteiger partial charge in [0.05, 0.1) is 5.69 Å². The molecule has 1 aromatic carbocycles. The van der Waals surface area contributed by atoms with Crippen LogP contribution in [-0.2, 0) is 0 Å². The number of carbonyl (C=O) groups is 2. The summed E-state index contributed by atoms with van der Waals surface area (Å²) in [6, 6.07) is 10.2. The Balaban J connectivity index is 2.01. The Morgan fingerprint density at radius 2 is 1.85 bits per heavy atom. The highest BCUT2D eigenvalue weighted by Gasteiger charge is 2.13. The van der Waals surface area contributed by atoms with E-state index >= 15 is 0 Å². The molecule has 0 saturated carbocycles. The number of thiophene rings is 1. The number of nitrogens with one attached hydrogen (secondary N) is 2. The number of carboxylic acids is 1. The van der Waals surface area contributed by atoms with Crippen molar-refractivity contribution in [3.63, 3.8) is 0 Å². The van der Waals surface area contributed by atoms with Crippen molar-refractivity contribution >= 4 is 46.2 Å². The van der Waals surface area contributed by atoms with Gasteiger partial charge in [-0.25, -0.2) is 4.79 Å². The lowest BCUT2D eigenvalue weighted by molar-refractivity contribution is 0.0703. The van der Waals surface area contributed by atoms with E-state index in [4.69, 9.17) is 17.3 Å². The third-order valence-corrected chi connectivity index (χ3v) is 3.48. The first-order valence-corrected chi connectivity index (χ1v) is 6.85. The van der Waals surface area contributed by atoms with Crippen LogP contribution in [0.15, 0.2) is 41.8 Å². The highest BCUT2D eigenvalue weighted by atomic mass is 32.1. The van der Waals surface area contributed by atoms with E-state index in [0.29, 0.717) is 11.3 Å². The summed E-state index contributed by atoms with van der Waals surface area (Å²) in [4.78, 5) is 22.9. The van der Waals surface area contributed by atoms with Gasteiger partial charge in [0.1, 0.15) is 4.88 Å². The first-order chi connectivity index (χ1) is 9.58. The molecule has 3 N–H and O–H groups in total. The molecule has 0 aliphatic heterocycles. The van der Waals surface area contributed by atoms with Gasteiger partial charge < -0.3 is 10.4 Å². The summed E-state index contributed by atoms with van der Waals surface area (Å²) in [7, 11) is 0. The number of benzene rings is 1. The molecule has 0 fully saturated rings. The Bertz CT molecular complexity index is 653. The molecule has 0 spiro atoms. The van der Waals surface area contributed by atoms with Crippen molar-refractivity contribution in [1.82, 2.24) is 5.32 Å². The fourth-order valence-corrected chi connectivity index (χ4v) is 2.38. The number of thiocarbonyl (C=S) groups is 1. The maximum absolute atomic E-state index is 11.9. The van der Waals surface area contributed by atoms with Gasteiger partial charge in [-0.15, -0.1) is 11.3 Å². The topological polar surface area (TPSA) is 78.4 Å². The van der Waals surface area contributed by atoms with E-state index in [1.165, 1.54) is 0 Å². The maximum Gasteiger partial charge on any atom is 0.348 e. The van der Waals surface area contributed by atoms with Gasteiger partial charge in [-0.05, 0) is 35.8 Å². The highest BCUT2D eigenvalue weighted by Crippen LogP contribution is 2.21. The molecule has 0 unspecified atom stereocenters. The minimum atomic E-state index is -1.04. The predicted molar refractivity (Wildman–Crippen MR) is 81.4 cm³/mol. The number of rotatable bonds is 3. The van der Waals surface area contributed by atoms with Crippen molar-refractivity contribution < 1.29 is 14.7 Å². The molecular weight excluding hydrogens is 296 g/mol. The molecule has 0 atom stereocenters. The van der Waals surface area contributed by atoms with Crippen LogP contribution >= 0.6 is 23.6 Å². The van der Waals surface area contributed by atoms with Gasteiger partial charge >= 0.3 is 5.97 Å². The van der Waals surface area contributed by atoms with Crippen molar-refractivity contribution in [2.75, 3.05) is 5.32 Å². The largest absolute Gasteiger partial charge is 0.477 e. The monoisotopic (exact) mass is 306 g/mol. The van der Waals surface area contributed by atoms with Crippen LogP contribution in [0, 0.1) is 0 Å². The van der Waals surface area contributed by atoms with E-state index in [-0.39, 0.29) is 15.9 Å². The minimum absolute atomic E-state index is 0.0553. The Morgan fingerprint density at radius 1 is 1.15 bits per heavy atom. The number of amides is 1. The highest BCUT2D eigenvalue weighted by molar-refractivity contribution is 7.80. The third-order valence-electron chi connectivity index (χ3n) is 2.37. The van der Waals surface area contributed by atoms with Crippen LogP contribution in [0.25, 0.3) is 0 Å². The number of aromatic carboxylic acids is 1. The van der Waals surface area contributed by atoms with Crippen molar-refractivity contribution in [1.29, 1.82) is 0 Å². The first-order valence-electron chi connectivity index (χ1n) is 5.56. The molecule has 1 heterocycles. The first kappa shape index (κ1) is 14.2. The van der Waals surface area contributed by atoms with Crippen LogP contribution in [0.4, 0.5) is 5.69 Å².